The second-order valence-corrected chi connectivity index (χ2v) is 26.5. The van der Waals surface area contributed by atoms with Crippen molar-refractivity contribution in [2.45, 2.75) is 328 Å². The zero-order valence-corrected chi connectivity index (χ0v) is 57.2. The molecule has 0 radical (unpaired) electrons. The van der Waals surface area contributed by atoms with Gasteiger partial charge >= 0.3 is 13.8 Å². The fourth-order valence-electron chi connectivity index (χ4n) is 10.1. The van der Waals surface area contributed by atoms with E-state index in [2.05, 4.69) is 111 Å². The molecule has 0 aromatic rings. The van der Waals surface area contributed by atoms with Crippen LogP contribution in [0.3, 0.4) is 0 Å². The highest BCUT2D eigenvalue weighted by atomic mass is 31.2. The number of allylic oxidation sites excluding steroid dienone is 15. The van der Waals surface area contributed by atoms with Crippen LogP contribution in [-0.2, 0) is 27.9 Å². The molecule has 9 nitrogen and oxygen atoms in total. The lowest BCUT2D eigenvalue weighted by Gasteiger charge is -2.27. The number of amides is 1. The molecule has 10 heteroatoms. The molecular weight excluding hydrogens is 1070 g/mol. The summed E-state index contributed by atoms with van der Waals surface area (Å²) in [5.41, 5.74) is 0. The lowest BCUT2D eigenvalue weighted by molar-refractivity contribution is -0.870. The van der Waals surface area contributed by atoms with Crippen molar-refractivity contribution in [1.29, 1.82) is 0 Å². The van der Waals surface area contributed by atoms with Crippen LogP contribution < -0.4 is 5.32 Å². The standard InChI is InChI=1S/C75H135N2O7P/c1-7-10-13-16-19-22-25-27-29-31-33-35-36-37-38-39-40-42-44-46-48-50-53-56-59-62-65-68-75(79)84-73(66-63-60-57-54-51-24-21-18-15-12-9-3)72(71-83-85(80,81)82-70-69-77(4,5)6)76-74(78)67-64-61-58-55-52-49-47-45-43-41-34-32-30-28-26-23-20-17-14-11-8-2/h11,14,19-20,22-23,27-30,34,41,45,47,63,66,72-73H,7-10,12-13,15-18,21,24-26,31-33,35-40,42-44,46,48-62,64-65,67-71H2,1-6H3,(H-,76,78,80,81)/p+1/b14-11-,22-19-,23-20-,29-27-,30-28-,41-34-,47-45-,66-63-. The Bertz CT molecular complexity index is 1780. The Balaban J connectivity index is 5.02. The van der Waals surface area contributed by atoms with Crippen LogP contribution in [-0.4, -0.2) is 74.3 Å². The molecule has 0 rings (SSSR count). The van der Waals surface area contributed by atoms with Gasteiger partial charge in [-0.1, -0.05) is 292 Å². The summed E-state index contributed by atoms with van der Waals surface area (Å²) in [6.45, 7) is 6.87. The minimum absolute atomic E-state index is 0.0330. The molecule has 0 saturated carbocycles. The largest absolute Gasteiger partial charge is 0.472 e. The molecular formula is C75H136N2O7P+. The molecule has 0 spiro atoms. The number of unbranched alkanes of at least 4 members (excludes halogenated alkanes) is 34. The fourth-order valence-corrected chi connectivity index (χ4v) is 10.8. The SMILES string of the molecule is CC/C=C\C/C=C\C/C=C\C/C=C\C/C=C\CCCCCCCC(=O)NC(COP(=O)(O)OCC[N+](C)(C)C)C(/C=C\CCCCCCCCCCC)OC(=O)CCCCCCCCCCCCCCCCCCC/C=C\C/C=C\CCCCC. The van der Waals surface area contributed by atoms with E-state index in [4.69, 9.17) is 13.8 Å². The van der Waals surface area contributed by atoms with Gasteiger partial charge in [-0.2, -0.15) is 0 Å². The van der Waals surface area contributed by atoms with E-state index in [-0.39, 0.29) is 31.5 Å². The zero-order valence-electron chi connectivity index (χ0n) is 56.3. The number of carbonyl (C=O) groups excluding carboxylic acids is 2. The Morgan fingerprint density at radius 3 is 1.15 bits per heavy atom. The number of hydrogen-bond donors (Lipinski definition) is 2. The molecule has 492 valence electrons. The van der Waals surface area contributed by atoms with Crippen LogP contribution in [0, 0.1) is 0 Å². The van der Waals surface area contributed by atoms with Crippen molar-refractivity contribution in [1.82, 2.24) is 5.32 Å². The average molecular weight is 1210 g/mol. The van der Waals surface area contributed by atoms with Crippen molar-refractivity contribution in [3.8, 4) is 0 Å². The number of esters is 1. The predicted molar refractivity (Wildman–Crippen MR) is 369 cm³/mol. The van der Waals surface area contributed by atoms with E-state index >= 15 is 0 Å². The third-order valence-corrected chi connectivity index (χ3v) is 16.5. The molecule has 1 amide bonds. The molecule has 0 bridgehead atoms. The van der Waals surface area contributed by atoms with E-state index in [1.807, 2.05) is 33.3 Å². The van der Waals surface area contributed by atoms with Gasteiger partial charge in [-0.3, -0.25) is 18.6 Å². The number of ether oxygens (including phenoxy) is 1. The third-order valence-electron chi connectivity index (χ3n) is 15.5. The van der Waals surface area contributed by atoms with Gasteiger partial charge in [-0.05, 0) is 109 Å². The van der Waals surface area contributed by atoms with E-state index in [0.717, 1.165) is 116 Å². The molecule has 0 aliphatic heterocycles. The van der Waals surface area contributed by atoms with Gasteiger partial charge < -0.3 is 19.4 Å². The van der Waals surface area contributed by atoms with E-state index < -0.39 is 20.0 Å². The van der Waals surface area contributed by atoms with E-state index in [1.165, 1.54) is 167 Å². The van der Waals surface area contributed by atoms with Gasteiger partial charge in [0.15, 0.2) is 0 Å². The molecule has 0 fully saturated rings. The van der Waals surface area contributed by atoms with Crippen molar-refractivity contribution in [3.05, 3.63) is 97.2 Å². The second kappa shape index (κ2) is 63.9. The highest BCUT2D eigenvalue weighted by Crippen LogP contribution is 2.43. The number of hydrogen-bond acceptors (Lipinski definition) is 6. The van der Waals surface area contributed by atoms with Gasteiger partial charge in [0.2, 0.25) is 5.91 Å². The summed E-state index contributed by atoms with van der Waals surface area (Å²) in [4.78, 5) is 37.9. The van der Waals surface area contributed by atoms with Gasteiger partial charge in [0.1, 0.15) is 19.3 Å². The smallest absolute Gasteiger partial charge is 0.456 e. The van der Waals surface area contributed by atoms with Gasteiger partial charge in [0, 0.05) is 12.8 Å². The zero-order chi connectivity index (χ0) is 62.1. The van der Waals surface area contributed by atoms with Crippen LogP contribution in [0.4, 0.5) is 0 Å². The van der Waals surface area contributed by atoms with Crippen LogP contribution in [0.2, 0.25) is 0 Å². The fraction of sp³-hybridized carbons (Fsp3) is 0.760. The Morgan fingerprint density at radius 2 is 0.753 bits per heavy atom. The maximum absolute atomic E-state index is 13.6. The first-order chi connectivity index (χ1) is 41.4. The second-order valence-electron chi connectivity index (χ2n) is 25.0. The molecule has 2 N–H and O–H groups in total. The number of rotatable bonds is 64. The summed E-state index contributed by atoms with van der Waals surface area (Å²) in [6.07, 6.45) is 87.1. The summed E-state index contributed by atoms with van der Waals surface area (Å²) in [6, 6.07) is -0.864. The third kappa shape index (κ3) is 65.2. The van der Waals surface area contributed by atoms with Crippen molar-refractivity contribution >= 4 is 19.7 Å². The van der Waals surface area contributed by atoms with Gasteiger partial charge in [0.25, 0.3) is 0 Å². The van der Waals surface area contributed by atoms with Crippen molar-refractivity contribution in [2.24, 2.45) is 0 Å². The Labute approximate surface area is 526 Å². The van der Waals surface area contributed by atoms with Crippen molar-refractivity contribution < 1.29 is 37.3 Å². The summed E-state index contributed by atoms with van der Waals surface area (Å²) < 4.78 is 30.8. The van der Waals surface area contributed by atoms with E-state index in [0.29, 0.717) is 17.4 Å². The first-order valence-corrected chi connectivity index (χ1v) is 37.1. The summed E-state index contributed by atoms with van der Waals surface area (Å²) in [5, 5.41) is 3.06. The molecule has 85 heavy (non-hydrogen) atoms. The molecule has 0 aliphatic carbocycles. The van der Waals surface area contributed by atoms with Crippen LogP contribution in [0.5, 0.6) is 0 Å². The lowest BCUT2D eigenvalue weighted by Crippen LogP contribution is -2.47. The van der Waals surface area contributed by atoms with Crippen LogP contribution in [0.1, 0.15) is 316 Å². The number of quaternary nitrogens is 1. The summed E-state index contributed by atoms with van der Waals surface area (Å²) in [7, 11) is 1.48. The molecule has 3 unspecified atom stereocenters. The minimum Gasteiger partial charge on any atom is -0.456 e. The topological polar surface area (TPSA) is 111 Å². The Kier molecular flexibility index (Phi) is 61.6. The molecule has 0 aromatic carbocycles. The molecule has 0 heterocycles. The molecule has 0 aliphatic rings. The number of carbonyl (C=O) groups is 2. The van der Waals surface area contributed by atoms with E-state index in [9.17, 15) is 19.0 Å². The quantitative estimate of drug-likeness (QED) is 0.0205. The van der Waals surface area contributed by atoms with Crippen molar-refractivity contribution in [2.75, 3.05) is 40.9 Å². The number of likely N-dealkylation sites (N-methyl/N-ethyl adjacent to an activating group) is 1. The number of nitrogens with one attached hydrogen (secondary N) is 1. The number of phosphoric acid groups is 1. The first kappa shape index (κ1) is 81.9. The highest BCUT2D eigenvalue weighted by molar-refractivity contribution is 7.47. The first-order valence-electron chi connectivity index (χ1n) is 35.6. The van der Waals surface area contributed by atoms with Crippen LogP contribution in [0.15, 0.2) is 97.2 Å². The van der Waals surface area contributed by atoms with Gasteiger partial charge in [-0.25, -0.2) is 4.57 Å². The lowest BCUT2D eigenvalue weighted by atomic mass is 10.0. The van der Waals surface area contributed by atoms with E-state index in [1.54, 1.807) is 0 Å². The number of phosphoric ester groups is 1. The minimum atomic E-state index is -4.46. The monoisotopic (exact) mass is 1210 g/mol. The summed E-state index contributed by atoms with van der Waals surface area (Å²) in [5.74, 6) is -0.523. The average Bonchev–Trinajstić information content (AvgIpc) is 3.57. The normalized spacial score (nSPS) is 14.1. The highest BCUT2D eigenvalue weighted by Gasteiger charge is 2.30. The number of nitrogens with zero attached hydrogens (tertiary/aromatic N) is 1. The summed E-state index contributed by atoms with van der Waals surface area (Å²) >= 11 is 0. The van der Waals surface area contributed by atoms with Crippen LogP contribution >= 0.6 is 7.82 Å². The Hall–Kier alpha value is -3.07. The molecule has 0 saturated heterocycles. The van der Waals surface area contributed by atoms with Gasteiger partial charge in [-0.15, -0.1) is 0 Å². The van der Waals surface area contributed by atoms with Gasteiger partial charge in [0.05, 0.1) is 33.8 Å². The van der Waals surface area contributed by atoms with Crippen molar-refractivity contribution in [3.63, 3.8) is 0 Å². The molecule has 0 aromatic heterocycles. The molecule has 3 atom stereocenters. The maximum Gasteiger partial charge on any atom is 0.472 e. The maximum atomic E-state index is 13.6. The Morgan fingerprint density at radius 1 is 0.424 bits per heavy atom. The van der Waals surface area contributed by atoms with Crippen LogP contribution in [0.25, 0.3) is 0 Å². The predicted octanol–water partition coefficient (Wildman–Crippen LogP) is 22.7.